The number of nitrogens with one attached hydrogen (secondary N) is 1. The third kappa shape index (κ3) is 5.06. The van der Waals surface area contributed by atoms with Crippen molar-refractivity contribution < 1.29 is 14.7 Å². The summed E-state index contributed by atoms with van der Waals surface area (Å²) in [5, 5.41) is 11.6. The number of aliphatic carboxylic acids is 1. The van der Waals surface area contributed by atoms with Gasteiger partial charge in [0.05, 0.1) is 0 Å². The smallest absolute Gasteiger partial charge is 0.317 e. The molecule has 1 aliphatic rings. The number of carbonyl (C=O) groups excluding carboxylic acids is 1. The molecule has 2 amide bonds. The maximum Gasteiger partial charge on any atom is 0.317 e. The van der Waals surface area contributed by atoms with Gasteiger partial charge in [0.15, 0.2) is 0 Å². The fraction of sp³-hybridized carbons (Fsp3) is 0.533. The Balaban J connectivity index is 1.69. The van der Waals surface area contributed by atoms with E-state index in [2.05, 4.69) is 10.3 Å². The first-order chi connectivity index (χ1) is 10.1. The molecule has 1 fully saturated rings. The molecular formula is C15H21N3O3. The lowest BCUT2D eigenvalue weighted by molar-refractivity contribution is -0.137. The molecular weight excluding hydrogens is 270 g/mol. The topological polar surface area (TPSA) is 82.5 Å². The van der Waals surface area contributed by atoms with E-state index >= 15 is 0 Å². The number of hydrogen-bond donors (Lipinski definition) is 2. The second-order valence-electron chi connectivity index (χ2n) is 5.38. The van der Waals surface area contributed by atoms with Crippen molar-refractivity contribution in [3.8, 4) is 0 Å². The highest BCUT2D eigenvalue weighted by molar-refractivity contribution is 5.74. The number of hydrogen-bond acceptors (Lipinski definition) is 3. The first-order valence-electron chi connectivity index (χ1n) is 7.28. The third-order valence-electron chi connectivity index (χ3n) is 3.86. The first-order valence-corrected chi connectivity index (χ1v) is 7.28. The van der Waals surface area contributed by atoms with Gasteiger partial charge in [0.25, 0.3) is 0 Å². The zero-order valence-corrected chi connectivity index (χ0v) is 12.0. The van der Waals surface area contributed by atoms with Crippen molar-refractivity contribution in [2.75, 3.05) is 13.1 Å². The minimum atomic E-state index is -0.743. The number of amides is 2. The van der Waals surface area contributed by atoms with Crippen molar-refractivity contribution in [1.82, 2.24) is 15.2 Å². The minimum absolute atomic E-state index is 0.0523. The van der Waals surface area contributed by atoms with Crippen molar-refractivity contribution in [1.29, 1.82) is 0 Å². The summed E-state index contributed by atoms with van der Waals surface area (Å²) in [7, 11) is 0. The van der Waals surface area contributed by atoms with Crippen LogP contribution in [0, 0.1) is 5.92 Å². The Morgan fingerprint density at radius 3 is 2.57 bits per heavy atom. The Labute approximate surface area is 124 Å². The summed E-state index contributed by atoms with van der Waals surface area (Å²) in [4.78, 5) is 28.3. The van der Waals surface area contributed by atoms with Gasteiger partial charge in [-0.15, -0.1) is 0 Å². The van der Waals surface area contributed by atoms with Crippen LogP contribution in [0.5, 0.6) is 0 Å². The molecule has 0 spiro atoms. The average molecular weight is 291 g/mol. The third-order valence-corrected chi connectivity index (χ3v) is 3.86. The van der Waals surface area contributed by atoms with Crippen LogP contribution in [0.15, 0.2) is 24.5 Å². The number of carboxylic acid groups (broad SMARTS) is 1. The molecule has 0 atom stereocenters. The second kappa shape index (κ2) is 7.61. The normalized spacial score (nSPS) is 15.7. The average Bonchev–Trinajstić information content (AvgIpc) is 2.52. The van der Waals surface area contributed by atoms with E-state index in [-0.39, 0.29) is 12.5 Å². The van der Waals surface area contributed by atoms with Crippen molar-refractivity contribution in [2.24, 2.45) is 5.92 Å². The number of rotatable bonds is 5. The van der Waals surface area contributed by atoms with Gasteiger partial charge < -0.3 is 15.3 Å². The maximum atomic E-state index is 12.0. The van der Waals surface area contributed by atoms with Crippen LogP contribution >= 0.6 is 0 Å². The number of carbonyl (C=O) groups is 2. The molecule has 0 saturated carbocycles. The molecule has 0 aromatic carbocycles. The zero-order valence-electron chi connectivity index (χ0n) is 12.0. The Morgan fingerprint density at radius 2 is 1.95 bits per heavy atom. The fourth-order valence-corrected chi connectivity index (χ4v) is 2.54. The number of urea groups is 1. The van der Waals surface area contributed by atoms with Crippen molar-refractivity contribution in [3.63, 3.8) is 0 Å². The van der Waals surface area contributed by atoms with Crippen LogP contribution in [0.2, 0.25) is 0 Å². The number of piperidine rings is 1. The summed E-state index contributed by atoms with van der Waals surface area (Å²) in [6.45, 7) is 1.90. The van der Waals surface area contributed by atoms with E-state index in [1.54, 1.807) is 17.3 Å². The molecule has 0 radical (unpaired) electrons. The molecule has 1 aromatic heterocycles. The lowest BCUT2D eigenvalue weighted by atomic mass is 9.92. The highest BCUT2D eigenvalue weighted by Gasteiger charge is 2.22. The Bertz CT molecular complexity index is 470. The van der Waals surface area contributed by atoms with Gasteiger partial charge in [0, 0.05) is 38.4 Å². The van der Waals surface area contributed by atoms with E-state index in [1.807, 2.05) is 12.1 Å². The Hall–Kier alpha value is -2.11. The zero-order chi connectivity index (χ0) is 15.1. The molecule has 6 heteroatoms. The highest BCUT2D eigenvalue weighted by Crippen LogP contribution is 2.21. The van der Waals surface area contributed by atoms with E-state index in [4.69, 9.17) is 5.11 Å². The van der Waals surface area contributed by atoms with Gasteiger partial charge in [-0.25, -0.2) is 4.79 Å². The quantitative estimate of drug-likeness (QED) is 0.867. The SMILES string of the molecule is O=C(O)CCC1CCN(C(=O)NCc2ccncc2)CC1. The molecule has 1 saturated heterocycles. The van der Waals surface area contributed by atoms with Crippen LogP contribution in [0.1, 0.15) is 31.2 Å². The van der Waals surface area contributed by atoms with Gasteiger partial charge in [0.2, 0.25) is 0 Å². The molecule has 114 valence electrons. The predicted molar refractivity (Wildman–Crippen MR) is 77.6 cm³/mol. The van der Waals surface area contributed by atoms with E-state index < -0.39 is 5.97 Å². The molecule has 0 aliphatic carbocycles. The van der Waals surface area contributed by atoms with Gasteiger partial charge in [-0.1, -0.05) is 0 Å². The number of aromatic nitrogens is 1. The van der Waals surface area contributed by atoms with Crippen LogP contribution in [-0.2, 0) is 11.3 Å². The lowest BCUT2D eigenvalue weighted by Gasteiger charge is -2.31. The number of pyridine rings is 1. The van der Waals surface area contributed by atoms with E-state index in [1.165, 1.54) is 0 Å². The van der Waals surface area contributed by atoms with Crippen molar-refractivity contribution in [3.05, 3.63) is 30.1 Å². The summed E-state index contributed by atoms with van der Waals surface area (Å²) in [6.07, 6.45) is 6.11. The van der Waals surface area contributed by atoms with Crippen LogP contribution in [0.25, 0.3) is 0 Å². The molecule has 2 rings (SSSR count). The van der Waals surface area contributed by atoms with Crippen molar-refractivity contribution >= 4 is 12.0 Å². The molecule has 1 aliphatic heterocycles. The molecule has 21 heavy (non-hydrogen) atoms. The molecule has 6 nitrogen and oxygen atoms in total. The summed E-state index contributed by atoms with van der Waals surface area (Å²) in [5.74, 6) is -0.321. The molecule has 2 N–H and O–H groups in total. The van der Waals surface area contributed by atoms with E-state index in [0.29, 0.717) is 32.0 Å². The van der Waals surface area contributed by atoms with Crippen LogP contribution in [0.3, 0.4) is 0 Å². The fourth-order valence-electron chi connectivity index (χ4n) is 2.54. The predicted octanol–water partition coefficient (Wildman–Crippen LogP) is 1.87. The standard InChI is InChI=1S/C15H21N3O3/c19-14(20)2-1-12-5-9-18(10-6-12)15(21)17-11-13-3-7-16-8-4-13/h3-4,7-8,12H,1-2,5-6,9-11H2,(H,17,21)(H,19,20). The molecule has 0 bridgehead atoms. The second-order valence-corrected chi connectivity index (χ2v) is 5.38. The lowest BCUT2D eigenvalue weighted by Crippen LogP contribution is -2.44. The van der Waals surface area contributed by atoms with Gasteiger partial charge in [-0.3, -0.25) is 9.78 Å². The summed E-state index contributed by atoms with van der Waals surface area (Å²) >= 11 is 0. The van der Waals surface area contributed by atoms with Crippen LogP contribution in [-0.4, -0.2) is 40.1 Å². The number of likely N-dealkylation sites (tertiary alicyclic amines) is 1. The van der Waals surface area contributed by atoms with E-state index in [9.17, 15) is 9.59 Å². The highest BCUT2D eigenvalue weighted by atomic mass is 16.4. The largest absolute Gasteiger partial charge is 0.481 e. The summed E-state index contributed by atoms with van der Waals surface area (Å²) in [5.41, 5.74) is 1.02. The first kappa shape index (κ1) is 15.3. The monoisotopic (exact) mass is 291 g/mol. The minimum Gasteiger partial charge on any atom is -0.481 e. The number of carboxylic acids is 1. The van der Waals surface area contributed by atoms with Crippen LogP contribution in [0.4, 0.5) is 4.79 Å². The Kier molecular flexibility index (Phi) is 5.54. The van der Waals surface area contributed by atoms with E-state index in [0.717, 1.165) is 18.4 Å². The molecule has 2 heterocycles. The summed E-state index contributed by atoms with van der Waals surface area (Å²) in [6, 6.07) is 3.69. The van der Waals surface area contributed by atoms with Gasteiger partial charge in [-0.05, 0) is 42.9 Å². The number of nitrogens with zero attached hydrogens (tertiary/aromatic N) is 2. The molecule has 0 unspecified atom stereocenters. The van der Waals surface area contributed by atoms with Crippen LogP contribution < -0.4 is 5.32 Å². The maximum absolute atomic E-state index is 12.0. The van der Waals surface area contributed by atoms with Gasteiger partial charge in [-0.2, -0.15) is 0 Å². The summed E-state index contributed by atoms with van der Waals surface area (Å²) < 4.78 is 0. The van der Waals surface area contributed by atoms with Gasteiger partial charge in [0.1, 0.15) is 0 Å². The van der Waals surface area contributed by atoms with Gasteiger partial charge >= 0.3 is 12.0 Å². The Morgan fingerprint density at radius 1 is 1.29 bits per heavy atom. The molecule has 1 aromatic rings. The van der Waals surface area contributed by atoms with Crippen molar-refractivity contribution in [2.45, 2.75) is 32.2 Å².